The van der Waals surface area contributed by atoms with Gasteiger partial charge in [-0.2, -0.15) is 4.31 Å². The maximum absolute atomic E-state index is 13.2. The highest BCUT2D eigenvalue weighted by Crippen LogP contribution is 2.27. The first-order valence-electron chi connectivity index (χ1n) is 9.60. The first kappa shape index (κ1) is 21.0. The number of nitrogens with zero attached hydrogens (tertiary/aromatic N) is 3. The Morgan fingerprint density at radius 1 is 1.04 bits per heavy atom. The number of carbonyl (C=O) groups is 1. The third kappa shape index (κ3) is 4.30. The van der Waals surface area contributed by atoms with E-state index < -0.39 is 10.0 Å². The molecule has 1 aromatic carbocycles. The van der Waals surface area contributed by atoms with Crippen LogP contribution in [-0.2, 0) is 14.8 Å². The highest BCUT2D eigenvalue weighted by atomic mass is 32.2. The van der Waals surface area contributed by atoms with E-state index in [2.05, 4.69) is 4.90 Å². The summed E-state index contributed by atoms with van der Waals surface area (Å²) in [5.41, 5.74) is 0.953. The Bertz CT molecular complexity index is 857. The van der Waals surface area contributed by atoms with Crippen molar-refractivity contribution in [2.45, 2.75) is 24.1 Å². The van der Waals surface area contributed by atoms with E-state index in [1.165, 1.54) is 15.6 Å². The van der Waals surface area contributed by atoms with Crippen molar-refractivity contribution in [2.24, 2.45) is 0 Å². The molecule has 0 N–H and O–H groups in total. The minimum atomic E-state index is -3.45. The molecular formula is C20H27N3O3S2. The van der Waals surface area contributed by atoms with Gasteiger partial charge in [0.2, 0.25) is 5.91 Å². The molecule has 0 saturated carbocycles. The van der Waals surface area contributed by atoms with Gasteiger partial charge in [-0.25, -0.2) is 8.42 Å². The summed E-state index contributed by atoms with van der Waals surface area (Å²) in [7, 11) is -3.45. The SMILES string of the molecule is CCN(CC)C(=O)C(c1ccccc1)N1CCN(S(=O)(=O)c2cccs2)CC1. The van der Waals surface area contributed by atoms with E-state index in [4.69, 9.17) is 0 Å². The molecule has 8 heteroatoms. The predicted octanol–water partition coefficient (Wildman–Crippen LogP) is 2.66. The molecule has 1 atom stereocenters. The second-order valence-electron chi connectivity index (χ2n) is 6.70. The molecule has 1 aliphatic heterocycles. The molecule has 1 saturated heterocycles. The lowest BCUT2D eigenvalue weighted by atomic mass is 10.0. The van der Waals surface area contributed by atoms with Gasteiger partial charge in [-0.05, 0) is 30.9 Å². The molecule has 0 aliphatic carbocycles. The zero-order valence-electron chi connectivity index (χ0n) is 16.3. The molecule has 3 rings (SSSR count). The van der Waals surface area contributed by atoms with Crippen LogP contribution in [0, 0.1) is 0 Å². The molecule has 1 aromatic heterocycles. The lowest BCUT2D eigenvalue weighted by molar-refractivity contribution is -0.137. The number of rotatable bonds is 7. The standard InChI is InChI=1S/C20H27N3O3S2/c1-3-21(4-2)20(24)19(17-9-6-5-7-10-17)22-12-14-23(15-13-22)28(25,26)18-11-8-16-27-18/h5-11,16,19H,3-4,12-15H2,1-2H3. The van der Waals surface area contributed by atoms with Crippen LogP contribution >= 0.6 is 11.3 Å². The van der Waals surface area contributed by atoms with Gasteiger partial charge in [0, 0.05) is 39.3 Å². The summed E-state index contributed by atoms with van der Waals surface area (Å²) in [5.74, 6) is 0.0748. The highest BCUT2D eigenvalue weighted by molar-refractivity contribution is 7.91. The van der Waals surface area contributed by atoms with Gasteiger partial charge in [-0.15, -0.1) is 11.3 Å². The number of thiophene rings is 1. The topological polar surface area (TPSA) is 60.9 Å². The second kappa shape index (κ2) is 9.17. The molecule has 2 aromatic rings. The van der Waals surface area contributed by atoms with Crippen molar-refractivity contribution >= 4 is 27.3 Å². The Kier molecular flexibility index (Phi) is 6.87. The molecule has 1 amide bonds. The summed E-state index contributed by atoms with van der Waals surface area (Å²) in [6, 6.07) is 12.8. The minimum absolute atomic E-state index is 0.0748. The first-order chi connectivity index (χ1) is 13.5. The molecule has 28 heavy (non-hydrogen) atoms. The summed E-state index contributed by atoms with van der Waals surface area (Å²) in [4.78, 5) is 17.2. The summed E-state index contributed by atoms with van der Waals surface area (Å²) >= 11 is 1.24. The van der Waals surface area contributed by atoms with Gasteiger partial charge < -0.3 is 4.90 Å². The average Bonchev–Trinajstić information content (AvgIpc) is 3.26. The Balaban J connectivity index is 1.79. The second-order valence-corrected chi connectivity index (χ2v) is 9.81. The van der Waals surface area contributed by atoms with Crippen LogP contribution in [0.4, 0.5) is 0 Å². The van der Waals surface area contributed by atoms with Gasteiger partial charge in [-0.3, -0.25) is 9.69 Å². The van der Waals surface area contributed by atoms with Crippen LogP contribution in [0.25, 0.3) is 0 Å². The molecule has 0 radical (unpaired) electrons. The van der Waals surface area contributed by atoms with Crippen molar-refractivity contribution in [3.05, 3.63) is 53.4 Å². The van der Waals surface area contributed by atoms with Crippen molar-refractivity contribution < 1.29 is 13.2 Å². The average molecular weight is 422 g/mol. The lowest BCUT2D eigenvalue weighted by Gasteiger charge is -2.39. The molecule has 1 unspecified atom stereocenters. The normalized spacial score (nSPS) is 17.4. The van der Waals surface area contributed by atoms with Crippen molar-refractivity contribution in [3.63, 3.8) is 0 Å². The zero-order chi connectivity index (χ0) is 20.1. The van der Waals surface area contributed by atoms with Crippen LogP contribution in [0.15, 0.2) is 52.1 Å². The number of benzene rings is 1. The van der Waals surface area contributed by atoms with E-state index in [1.807, 2.05) is 49.1 Å². The molecule has 152 valence electrons. The fraction of sp³-hybridized carbons (Fsp3) is 0.450. The number of amides is 1. The van der Waals surface area contributed by atoms with Gasteiger partial charge in [0.25, 0.3) is 10.0 Å². The zero-order valence-corrected chi connectivity index (χ0v) is 18.0. The number of likely N-dealkylation sites (N-methyl/N-ethyl adjacent to an activating group) is 1. The van der Waals surface area contributed by atoms with Gasteiger partial charge in [0.15, 0.2) is 0 Å². The third-order valence-corrected chi connectivity index (χ3v) is 8.42. The maximum Gasteiger partial charge on any atom is 0.252 e. The van der Waals surface area contributed by atoms with Gasteiger partial charge in [0.05, 0.1) is 0 Å². The Labute approximate surface area is 171 Å². The number of carbonyl (C=O) groups excluding carboxylic acids is 1. The Hall–Kier alpha value is -1.74. The largest absolute Gasteiger partial charge is 0.342 e. The van der Waals surface area contributed by atoms with Crippen LogP contribution in [0.2, 0.25) is 0 Å². The fourth-order valence-corrected chi connectivity index (χ4v) is 6.16. The number of hydrogen-bond acceptors (Lipinski definition) is 5. The first-order valence-corrected chi connectivity index (χ1v) is 11.9. The molecule has 6 nitrogen and oxygen atoms in total. The van der Waals surface area contributed by atoms with Crippen LogP contribution in [-0.4, -0.2) is 67.7 Å². The third-order valence-electron chi connectivity index (χ3n) is 5.15. The highest BCUT2D eigenvalue weighted by Gasteiger charge is 2.35. The van der Waals surface area contributed by atoms with E-state index in [1.54, 1.807) is 17.5 Å². The summed E-state index contributed by atoms with van der Waals surface area (Å²) in [5, 5.41) is 1.78. The monoisotopic (exact) mass is 421 g/mol. The molecule has 2 heterocycles. The molecule has 1 aliphatic rings. The Morgan fingerprint density at radius 2 is 1.68 bits per heavy atom. The number of sulfonamides is 1. The van der Waals surface area contributed by atoms with Crippen molar-refractivity contribution in [1.82, 2.24) is 14.1 Å². The van der Waals surface area contributed by atoms with E-state index in [0.29, 0.717) is 43.5 Å². The van der Waals surface area contributed by atoms with Crippen LogP contribution in [0.3, 0.4) is 0 Å². The van der Waals surface area contributed by atoms with Crippen LogP contribution in [0.5, 0.6) is 0 Å². The van der Waals surface area contributed by atoms with Crippen molar-refractivity contribution in [2.75, 3.05) is 39.3 Å². The van der Waals surface area contributed by atoms with Crippen LogP contribution in [0.1, 0.15) is 25.5 Å². The smallest absolute Gasteiger partial charge is 0.252 e. The fourth-order valence-electron chi connectivity index (χ4n) is 3.59. The molecule has 1 fully saturated rings. The minimum Gasteiger partial charge on any atom is -0.342 e. The van der Waals surface area contributed by atoms with Crippen LogP contribution < -0.4 is 0 Å². The quantitative estimate of drug-likeness (QED) is 0.690. The number of hydrogen-bond donors (Lipinski definition) is 0. The van der Waals surface area contributed by atoms with Gasteiger partial charge >= 0.3 is 0 Å². The van der Waals surface area contributed by atoms with Crippen molar-refractivity contribution in [1.29, 1.82) is 0 Å². The van der Waals surface area contributed by atoms with E-state index in [9.17, 15) is 13.2 Å². The van der Waals surface area contributed by atoms with E-state index in [0.717, 1.165) is 5.56 Å². The summed E-state index contributed by atoms with van der Waals surface area (Å²) in [6.45, 7) is 7.10. The van der Waals surface area contributed by atoms with E-state index >= 15 is 0 Å². The predicted molar refractivity (Wildman–Crippen MR) is 112 cm³/mol. The van der Waals surface area contributed by atoms with Gasteiger partial charge in [0.1, 0.15) is 10.3 Å². The molecule has 0 spiro atoms. The van der Waals surface area contributed by atoms with Crippen molar-refractivity contribution in [3.8, 4) is 0 Å². The Morgan fingerprint density at radius 3 is 2.21 bits per heavy atom. The summed E-state index contributed by atoms with van der Waals surface area (Å²) in [6.07, 6.45) is 0. The lowest BCUT2D eigenvalue weighted by Crippen LogP contribution is -2.52. The molecular weight excluding hydrogens is 394 g/mol. The number of piperazine rings is 1. The van der Waals surface area contributed by atoms with E-state index in [-0.39, 0.29) is 11.9 Å². The maximum atomic E-state index is 13.2. The summed E-state index contributed by atoms with van der Waals surface area (Å²) < 4.78 is 27.4. The van der Waals surface area contributed by atoms with Gasteiger partial charge in [-0.1, -0.05) is 36.4 Å². The molecule has 0 bridgehead atoms.